The Hall–Kier alpha value is -2.18. The van der Waals surface area contributed by atoms with Crippen LogP contribution in [-0.2, 0) is 16.0 Å². The Morgan fingerprint density at radius 3 is 2.50 bits per heavy atom. The molecule has 122 valence electrons. The second-order valence-corrected chi connectivity index (χ2v) is 5.81. The number of carbonyl (C=O) groups excluding carboxylic acids is 1. The third-order valence-corrected chi connectivity index (χ3v) is 2.70. The van der Waals surface area contributed by atoms with Crippen molar-refractivity contribution in [2.75, 3.05) is 0 Å². The molecule has 0 saturated carbocycles. The molecular weight excluding hydrogens is 296 g/mol. The zero-order valence-corrected chi connectivity index (χ0v) is 12.7. The molecule has 0 aliphatic heterocycles. The average molecular weight is 315 g/mol. The fraction of sp³-hybridized carbons (Fsp3) is 0.467. The molecule has 0 heterocycles. The van der Waals surface area contributed by atoms with Gasteiger partial charge in [-0.15, -0.1) is 0 Å². The van der Waals surface area contributed by atoms with Crippen LogP contribution in [0.3, 0.4) is 0 Å². The lowest BCUT2D eigenvalue weighted by Gasteiger charge is -2.22. The van der Waals surface area contributed by atoms with E-state index in [9.17, 15) is 18.4 Å². The lowest BCUT2D eigenvalue weighted by molar-refractivity contribution is -0.139. The molecule has 0 spiro atoms. The normalized spacial score (nSPS) is 12.6. The molecular formula is C15H19F2NO4. The molecule has 0 aromatic heterocycles. The van der Waals surface area contributed by atoms with E-state index >= 15 is 0 Å². The Morgan fingerprint density at radius 1 is 1.32 bits per heavy atom. The highest BCUT2D eigenvalue weighted by Gasteiger charge is 2.24. The van der Waals surface area contributed by atoms with Crippen LogP contribution < -0.4 is 5.32 Å². The van der Waals surface area contributed by atoms with E-state index in [1.165, 1.54) is 0 Å². The Bertz CT molecular complexity index is 555. The molecule has 1 aromatic carbocycles. The van der Waals surface area contributed by atoms with Gasteiger partial charge in [-0.3, -0.25) is 0 Å². The summed E-state index contributed by atoms with van der Waals surface area (Å²) in [5.41, 5.74) is -0.709. The van der Waals surface area contributed by atoms with Crippen molar-refractivity contribution in [3.8, 4) is 0 Å². The fourth-order valence-electron chi connectivity index (χ4n) is 1.74. The van der Waals surface area contributed by atoms with Crippen molar-refractivity contribution in [3.05, 3.63) is 35.4 Å². The Kier molecular flexibility index (Phi) is 5.84. The number of aliphatic carboxylic acids is 1. The minimum Gasteiger partial charge on any atom is -0.480 e. The van der Waals surface area contributed by atoms with E-state index in [0.29, 0.717) is 0 Å². The predicted molar refractivity (Wildman–Crippen MR) is 75.5 cm³/mol. The van der Waals surface area contributed by atoms with Crippen molar-refractivity contribution in [1.29, 1.82) is 0 Å². The summed E-state index contributed by atoms with van der Waals surface area (Å²) in [4.78, 5) is 22.7. The monoisotopic (exact) mass is 315 g/mol. The largest absolute Gasteiger partial charge is 0.480 e. The van der Waals surface area contributed by atoms with E-state index in [-0.39, 0.29) is 18.4 Å². The molecule has 5 nitrogen and oxygen atoms in total. The van der Waals surface area contributed by atoms with Crippen LogP contribution in [0.5, 0.6) is 0 Å². The first-order valence-corrected chi connectivity index (χ1v) is 6.75. The van der Waals surface area contributed by atoms with E-state index < -0.39 is 35.3 Å². The van der Waals surface area contributed by atoms with Gasteiger partial charge in [0.25, 0.3) is 0 Å². The quantitative estimate of drug-likeness (QED) is 0.876. The summed E-state index contributed by atoms with van der Waals surface area (Å²) in [6, 6.07) is 1.70. The number of aryl methyl sites for hydroxylation is 1. The van der Waals surface area contributed by atoms with Crippen LogP contribution >= 0.6 is 0 Å². The molecule has 1 aromatic rings. The topological polar surface area (TPSA) is 75.6 Å². The van der Waals surface area contributed by atoms with Crippen molar-refractivity contribution in [1.82, 2.24) is 5.32 Å². The lowest BCUT2D eigenvalue weighted by Crippen LogP contribution is -2.43. The smallest absolute Gasteiger partial charge is 0.408 e. The first-order valence-electron chi connectivity index (χ1n) is 6.75. The Labute approximate surface area is 127 Å². The third kappa shape index (κ3) is 6.07. The number of benzene rings is 1. The van der Waals surface area contributed by atoms with Gasteiger partial charge in [-0.2, -0.15) is 0 Å². The van der Waals surface area contributed by atoms with Gasteiger partial charge < -0.3 is 15.2 Å². The molecule has 0 bridgehead atoms. The number of amides is 1. The van der Waals surface area contributed by atoms with Gasteiger partial charge >= 0.3 is 12.1 Å². The SMILES string of the molecule is CC(C)(C)OC(=O)NC(CCc1cc(F)ccc1F)C(=O)O. The van der Waals surface area contributed by atoms with Crippen molar-refractivity contribution in [2.45, 2.75) is 45.3 Å². The molecule has 2 N–H and O–H groups in total. The molecule has 7 heteroatoms. The van der Waals surface area contributed by atoms with Crippen molar-refractivity contribution >= 4 is 12.1 Å². The first-order chi connectivity index (χ1) is 10.1. The van der Waals surface area contributed by atoms with Gasteiger partial charge in [-0.25, -0.2) is 18.4 Å². The Morgan fingerprint density at radius 2 is 1.95 bits per heavy atom. The van der Waals surface area contributed by atoms with Gasteiger partial charge in [0, 0.05) is 0 Å². The summed E-state index contributed by atoms with van der Waals surface area (Å²) in [5.74, 6) is -2.51. The van der Waals surface area contributed by atoms with Crippen LogP contribution in [0.1, 0.15) is 32.8 Å². The average Bonchev–Trinajstić information content (AvgIpc) is 2.35. The number of halogens is 2. The Balaban J connectivity index is 2.67. The number of carboxylic acids is 1. The standard InChI is InChI=1S/C15H19F2NO4/c1-15(2,3)22-14(21)18-12(13(19)20)7-4-9-8-10(16)5-6-11(9)17/h5-6,8,12H,4,7H2,1-3H3,(H,18,21)(H,19,20). The first kappa shape index (κ1) is 17.9. The molecule has 1 unspecified atom stereocenters. The number of carboxylic acid groups (broad SMARTS) is 1. The van der Waals surface area contributed by atoms with Gasteiger partial charge in [-0.05, 0) is 57.4 Å². The summed E-state index contributed by atoms with van der Waals surface area (Å²) in [6.45, 7) is 4.93. The number of ether oxygens (including phenoxy) is 1. The highest BCUT2D eigenvalue weighted by Crippen LogP contribution is 2.13. The fourth-order valence-corrected chi connectivity index (χ4v) is 1.74. The van der Waals surface area contributed by atoms with E-state index in [0.717, 1.165) is 18.2 Å². The summed E-state index contributed by atoms with van der Waals surface area (Å²) in [7, 11) is 0. The number of alkyl carbamates (subject to hydrolysis) is 1. The molecule has 0 radical (unpaired) electrons. The van der Waals surface area contributed by atoms with Crippen LogP contribution in [0, 0.1) is 11.6 Å². The second-order valence-electron chi connectivity index (χ2n) is 5.81. The minimum absolute atomic E-state index is 0.0314. The molecule has 22 heavy (non-hydrogen) atoms. The minimum atomic E-state index is -1.28. The molecule has 1 amide bonds. The number of carbonyl (C=O) groups is 2. The maximum Gasteiger partial charge on any atom is 0.408 e. The van der Waals surface area contributed by atoms with Gasteiger partial charge in [0.05, 0.1) is 0 Å². The molecule has 0 aliphatic carbocycles. The molecule has 1 atom stereocenters. The highest BCUT2D eigenvalue weighted by atomic mass is 19.1. The zero-order chi connectivity index (χ0) is 16.9. The van der Waals surface area contributed by atoms with Crippen LogP contribution in [0.2, 0.25) is 0 Å². The van der Waals surface area contributed by atoms with Gasteiger partial charge in [-0.1, -0.05) is 0 Å². The van der Waals surface area contributed by atoms with Crippen LogP contribution in [0.25, 0.3) is 0 Å². The molecule has 0 fully saturated rings. The van der Waals surface area contributed by atoms with Crippen molar-refractivity contribution in [2.24, 2.45) is 0 Å². The van der Waals surface area contributed by atoms with E-state index in [2.05, 4.69) is 5.32 Å². The molecule has 0 saturated heterocycles. The van der Waals surface area contributed by atoms with Crippen LogP contribution in [0.4, 0.5) is 13.6 Å². The maximum atomic E-state index is 13.5. The van der Waals surface area contributed by atoms with Crippen molar-refractivity contribution < 1.29 is 28.2 Å². The van der Waals surface area contributed by atoms with E-state index in [4.69, 9.17) is 9.84 Å². The van der Waals surface area contributed by atoms with Crippen LogP contribution in [-0.4, -0.2) is 28.8 Å². The highest BCUT2D eigenvalue weighted by molar-refractivity contribution is 5.80. The predicted octanol–water partition coefficient (Wildman–Crippen LogP) is 2.88. The number of rotatable bonds is 5. The lowest BCUT2D eigenvalue weighted by atomic mass is 10.0. The van der Waals surface area contributed by atoms with Gasteiger partial charge in [0.15, 0.2) is 0 Å². The van der Waals surface area contributed by atoms with Gasteiger partial charge in [0.1, 0.15) is 23.3 Å². The van der Waals surface area contributed by atoms with Crippen molar-refractivity contribution in [3.63, 3.8) is 0 Å². The molecule has 1 rings (SSSR count). The van der Waals surface area contributed by atoms with E-state index in [1.54, 1.807) is 20.8 Å². The second kappa shape index (κ2) is 7.20. The number of hydrogen-bond acceptors (Lipinski definition) is 3. The zero-order valence-electron chi connectivity index (χ0n) is 12.7. The number of hydrogen-bond donors (Lipinski definition) is 2. The number of nitrogens with one attached hydrogen (secondary N) is 1. The summed E-state index contributed by atoms with van der Waals surface area (Å²) in [6.07, 6.45) is -0.995. The molecule has 0 aliphatic rings. The third-order valence-electron chi connectivity index (χ3n) is 2.70. The van der Waals surface area contributed by atoms with E-state index in [1.807, 2.05) is 0 Å². The van der Waals surface area contributed by atoms with Gasteiger partial charge in [0.2, 0.25) is 0 Å². The maximum absolute atomic E-state index is 13.5. The van der Waals surface area contributed by atoms with Crippen LogP contribution in [0.15, 0.2) is 18.2 Å². The summed E-state index contributed by atoms with van der Waals surface area (Å²) >= 11 is 0. The summed E-state index contributed by atoms with van der Waals surface area (Å²) in [5, 5.41) is 11.3. The summed E-state index contributed by atoms with van der Waals surface area (Å²) < 4.78 is 31.5.